The van der Waals surface area contributed by atoms with E-state index < -0.39 is 11.5 Å². The lowest BCUT2D eigenvalue weighted by Gasteiger charge is -2.23. The molecule has 1 aliphatic carbocycles. The SMILES string of the molecule is CC(O)(CI)c1ccc(NC(=O)c2c(Cl)cccc2Cl)c2oc3c(c12)CCCC3. The van der Waals surface area contributed by atoms with E-state index in [1.807, 2.05) is 6.07 Å². The number of aryl methyl sites for hydroxylation is 2. The maximum Gasteiger partial charge on any atom is 0.258 e. The molecule has 152 valence electrons. The number of anilines is 1. The fraction of sp³-hybridized carbons (Fsp3) is 0.318. The third kappa shape index (κ3) is 3.78. The summed E-state index contributed by atoms with van der Waals surface area (Å²) in [7, 11) is 0. The van der Waals surface area contributed by atoms with Crippen LogP contribution in [0.25, 0.3) is 11.0 Å². The number of furan rings is 1. The molecule has 0 spiro atoms. The lowest BCUT2D eigenvalue weighted by molar-refractivity contribution is 0.0887. The van der Waals surface area contributed by atoms with Gasteiger partial charge in [0.25, 0.3) is 5.91 Å². The first-order valence-electron chi connectivity index (χ1n) is 9.45. The molecule has 1 aliphatic rings. The Morgan fingerprint density at radius 1 is 1.21 bits per heavy atom. The molecule has 4 nitrogen and oxygen atoms in total. The Kier molecular flexibility index (Phi) is 5.86. The van der Waals surface area contributed by atoms with Crippen molar-refractivity contribution < 1.29 is 14.3 Å². The molecule has 2 aromatic carbocycles. The minimum absolute atomic E-state index is 0.226. The first-order chi connectivity index (χ1) is 13.8. The highest BCUT2D eigenvalue weighted by Crippen LogP contribution is 2.42. The van der Waals surface area contributed by atoms with Crippen LogP contribution >= 0.6 is 45.8 Å². The van der Waals surface area contributed by atoms with Crippen LogP contribution in [0, 0.1) is 0 Å². The molecule has 29 heavy (non-hydrogen) atoms. The van der Waals surface area contributed by atoms with E-state index >= 15 is 0 Å². The minimum atomic E-state index is -0.998. The van der Waals surface area contributed by atoms with E-state index in [0.717, 1.165) is 48.0 Å². The fourth-order valence-corrected chi connectivity index (χ4v) is 4.86. The van der Waals surface area contributed by atoms with Gasteiger partial charge in [0.15, 0.2) is 5.58 Å². The molecule has 4 rings (SSSR count). The van der Waals surface area contributed by atoms with Crippen LogP contribution in [0.15, 0.2) is 34.7 Å². The highest BCUT2D eigenvalue weighted by Gasteiger charge is 2.30. The topological polar surface area (TPSA) is 62.5 Å². The van der Waals surface area contributed by atoms with Gasteiger partial charge in [-0.25, -0.2) is 0 Å². The summed E-state index contributed by atoms with van der Waals surface area (Å²) in [5.74, 6) is 0.541. The molecule has 0 fully saturated rings. The summed E-state index contributed by atoms with van der Waals surface area (Å²) >= 11 is 14.6. The van der Waals surface area contributed by atoms with Crippen molar-refractivity contribution in [3.63, 3.8) is 0 Å². The summed E-state index contributed by atoms with van der Waals surface area (Å²) in [4.78, 5) is 12.9. The Bertz CT molecular complexity index is 1090. The van der Waals surface area contributed by atoms with Crippen molar-refractivity contribution in [2.24, 2.45) is 0 Å². The van der Waals surface area contributed by atoms with Crippen LogP contribution in [-0.2, 0) is 18.4 Å². The van der Waals surface area contributed by atoms with E-state index in [2.05, 4.69) is 27.9 Å². The summed E-state index contributed by atoms with van der Waals surface area (Å²) in [5, 5.41) is 15.3. The van der Waals surface area contributed by atoms with E-state index in [4.69, 9.17) is 27.6 Å². The van der Waals surface area contributed by atoms with Gasteiger partial charge in [0, 0.05) is 21.8 Å². The number of aliphatic hydroxyl groups is 1. The Labute approximate surface area is 192 Å². The second-order valence-corrected chi connectivity index (χ2v) is 9.11. The number of halogens is 3. The third-order valence-corrected chi connectivity index (χ3v) is 7.50. The van der Waals surface area contributed by atoms with Gasteiger partial charge in [0.2, 0.25) is 0 Å². The van der Waals surface area contributed by atoms with Crippen molar-refractivity contribution in [3.05, 3.63) is 62.8 Å². The first kappa shape index (κ1) is 21.0. The van der Waals surface area contributed by atoms with Gasteiger partial charge < -0.3 is 14.8 Å². The molecule has 1 heterocycles. The molecule has 0 aliphatic heterocycles. The van der Waals surface area contributed by atoms with Crippen molar-refractivity contribution in [2.75, 3.05) is 9.74 Å². The molecule has 1 amide bonds. The molecular formula is C22H20Cl2INO3. The van der Waals surface area contributed by atoms with Gasteiger partial charge in [-0.15, -0.1) is 0 Å². The molecule has 3 aromatic rings. The van der Waals surface area contributed by atoms with Gasteiger partial charge in [0.05, 0.1) is 26.9 Å². The monoisotopic (exact) mass is 543 g/mol. The summed E-state index contributed by atoms with van der Waals surface area (Å²) in [5.41, 5.74) is 2.33. The fourth-order valence-electron chi connectivity index (χ4n) is 3.88. The molecule has 0 saturated carbocycles. The van der Waals surface area contributed by atoms with Crippen LogP contribution in [0.5, 0.6) is 0 Å². The predicted octanol–water partition coefficient (Wildman–Crippen LogP) is 6.51. The smallest absolute Gasteiger partial charge is 0.258 e. The number of carbonyl (C=O) groups is 1. The number of nitrogens with one attached hydrogen (secondary N) is 1. The van der Waals surface area contributed by atoms with Gasteiger partial charge in [-0.3, -0.25) is 4.79 Å². The largest absolute Gasteiger partial charge is 0.459 e. The van der Waals surface area contributed by atoms with E-state index in [9.17, 15) is 9.90 Å². The average molecular weight is 544 g/mol. The number of alkyl halides is 1. The molecule has 0 saturated heterocycles. The maximum absolute atomic E-state index is 12.9. The zero-order valence-corrected chi connectivity index (χ0v) is 19.5. The number of amides is 1. The Balaban J connectivity index is 1.85. The summed E-state index contributed by atoms with van der Waals surface area (Å²) in [6.45, 7) is 1.80. The second kappa shape index (κ2) is 8.10. The van der Waals surface area contributed by atoms with Gasteiger partial charge in [-0.05, 0) is 49.9 Å². The molecular weight excluding hydrogens is 524 g/mol. The predicted molar refractivity (Wildman–Crippen MR) is 126 cm³/mol. The second-order valence-electron chi connectivity index (χ2n) is 7.53. The van der Waals surface area contributed by atoms with Crippen molar-refractivity contribution in [2.45, 2.75) is 38.2 Å². The van der Waals surface area contributed by atoms with Crippen LogP contribution in [-0.4, -0.2) is 15.4 Å². The molecule has 0 bridgehead atoms. The number of hydrogen-bond donors (Lipinski definition) is 2. The third-order valence-electron chi connectivity index (χ3n) is 5.38. The molecule has 1 atom stereocenters. The standard InChI is InChI=1S/C22H20Cl2INO3/c1-22(28,11-25)13-9-10-16(20-18(13)12-5-2-3-8-17(12)29-20)26-21(27)19-14(23)6-4-7-15(19)24/h4,6-7,9-10,28H,2-3,5,8,11H2,1H3,(H,26,27). The summed E-state index contributed by atoms with van der Waals surface area (Å²) < 4.78 is 6.75. The highest BCUT2D eigenvalue weighted by atomic mass is 127. The van der Waals surface area contributed by atoms with E-state index in [1.54, 1.807) is 31.2 Å². The quantitative estimate of drug-likeness (QED) is 0.291. The highest BCUT2D eigenvalue weighted by molar-refractivity contribution is 14.1. The number of rotatable bonds is 4. The number of carbonyl (C=O) groups excluding carboxylic acids is 1. The molecule has 1 aromatic heterocycles. The van der Waals surface area contributed by atoms with E-state index in [0.29, 0.717) is 15.7 Å². The van der Waals surface area contributed by atoms with Crippen molar-refractivity contribution >= 4 is 68.4 Å². The van der Waals surface area contributed by atoms with Crippen molar-refractivity contribution in [1.82, 2.24) is 0 Å². The Hall–Kier alpha value is -1.28. The maximum atomic E-state index is 12.9. The number of hydrogen-bond acceptors (Lipinski definition) is 3. The van der Waals surface area contributed by atoms with Crippen LogP contribution in [0.1, 0.15) is 47.0 Å². The Morgan fingerprint density at radius 3 is 2.59 bits per heavy atom. The van der Waals surface area contributed by atoms with Gasteiger partial charge in [0.1, 0.15) is 5.76 Å². The summed E-state index contributed by atoms with van der Waals surface area (Å²) in [6.07, 6.45) is 3.92. The van der Waals surface area contributed by atoms with E-state index in [1.165, 1.54) is 0 Å². The summed E-state index contributed by atoms with van der Waals surface area (Å²) in [6, 6.07) is 8.60. The molecule has 1 unspecified atom stereocenters. The number of benzene rings is 2. The van der Waals surface area contributed by atoms with Crippen LogP contribution < -0.4 is 5.32 Å². The van der Waals surface area contributed by atoms with Crippen molar-refractivity contribution in [3.8, 4) is 0 Å². The zero-order chi connectivity index (χ0) is 20.8. The van der Waals surface area contributed by atoms with E-state index in [-0.39, 0.29) is 15.6 Å². The lowest BCUT2D eigenvalue weighted by Crippen LogP contribution is -2.23. The molecule has 0 radical (unpaired) electrons. The van der Waals surface area contributed by atoms with Gasteiger partial charge in [-0.2, -0.15) is 0 Å². The van der Waals surface area contributed by atoms with Crippen LogP contribution in [0.4, 0.5) is 5.69 Å². The average Bonchev–Trinajstić information content (AvgIpc) is 3.08. The normalized spacial score (nSPS) is 15.8. The van der Waals surface area contributed by atoms with Crippen molar-refractivity contribution in [1.29, 1.82) is 0 Å². The van der Waals surface area contributed by atoms with Gasteiger partial charge >= 0.3 is 0 Å². The molecule has 2 N–H and O–H groups in total. The van der Waals surface area contributed by atoms with Gasteiger partial charge in [-0.1, -0.05) is 57.9 Å². The zero-order valence-electron chi connectivity index (χ0n) is 15.8. The number of fused-ring (bicyclic) bond motifs is 3. The lowest BCUT2D eigenvalue weighted by atomic mass is 9.88. The van der Waals surface area contributed by atoms with Crippen LogP contribution in [0.3, 0.4) is 0 Å². The van der Waals surface area contributed by atoms with Crippen LogP contribution in [0.2, 0.25) is 10.0 Å². The Morgan fingerprint density at radius 2 is 1.90 bits per heavy atom. The molecule has 7 heteroatoms. The minimum Gasteiger partial charge on any atom is -0.459 e. The first-order valence-corrected chi connectivity index (χ1v) is 11.7.